The molecule has 0 spiro atoms. The van der Waals surface area contributed by atoms with E-state index in [1.165, 1.54) is 23.1 Å². The van der Waals surface area contributed by atoms with Crippen molar-refractivity contribution >= 4 is 12.1 Å². The highest BCUT2D eigenvalue weighted by molar-refractivity contribution is 5.79. The van der Waals surface area contributed by atoms with Crippen LogP contribution >= 0.6 is 0 Å². The number of hydrogen-bond donors (Lipinski definition) is 0. The number of aliphatic carboxylic acids is 1. The lowest BCUT2D eigenvalue weighted by Crippen LogP contribution is -2.33. The summed E-state index contributed by atoms with van der Waals surface area (Å²) >= 11 is 0. The van der Waals surface area contributed by atoms with Crippen LogP contribution in [0.4, 0.5) is 4.79 Å². The summed E-state index contributed by atoms with van der Waals surface area (Å²) in [6.45, 7) is 0.293. The van der Waals surface area contributed by atoms with Crippen molar-refractivity contribution in [2.45, 2.75) is 12.3 Å². The maximum Gasteiger partial charge on any atom is 0.409 e. The van der Waals surface area contributed by atoms with Crippen LogP contribution in [-0.4, -0.2) is 37.2 Å². The van der Waals surface area contributed by atoms with Crippen LogP contribution in [0, 0.1) is 0 Å². The Balaban J connectivity index is 1.72. The van der Waals surface area contributed by atoms with Crippen molar-refractivity contribution in [3.05, 3.63) is 59.7 Å². The Labute approximate surface area is 140 Å². The van der Waals surface area contributed by atoms with Crippen molar-refractivity contribution in [2.24, 2.45) is 0 Å². The molecule has 3 rings (SSSR count). The number of benzene rings is 2. The summed E-state index contributed by atoms with van der Waals surface area (Å²) in [6, 6.07) is 16.2. The van der Waals surface area contributed by atoms with Crippen LogP contribution in [-0.2, 0) is 9.53 Å². The second-order valence-corrected chi connectivity index (χ2v) is 5.85. The van der Waals surface area contributed by atoms with Gasteiger partial charge in [-0.25, -0.2) is 4.79 Å². The molecule has 0 aliphatic heterocycles. The number of amides is 1. The molecule has 0 saturated heterocycles. The van der Waals surface area contributed by atoms with Gasteiger partial charge >= 0.3 is 6.09 Å². The molecule has 0 fully saturated rings. The number of carbonyl (C=O) groups excluding carboxylic acids is 2. The van der Waals surface area contributed by atoms with Crippen LogP contribution in [0.2, 0.25) is 0 Å². The Morgan fingerprint density at radius 1 is 1.04 bits per heavy atom. The highest BCUT2D eigenvalue weighted by atomic mass is 16.6. The van der Waals surface area contributed by atoms with Gasteiger partial charge in [0.15, 0.2) is 0 Å². The molecule has 0 aromatic heterocycles. The second kappa shape index (κ2) is 6.74. The fraction of sp³-hybridized carbons (Fsp3) is 0.263. The van der Waals surface area contributed by atoms with Crippen LogP contribution < -0.4 is 5.11 Å². The minimum Gasteiger partial charge on any atom is -0.550 e. The third-order valence-electron chi connectivity index (χ3n) is 4.30. The van der Waals surface area contributed by atoms with E-state index in [0.29, 0.717) is 0 Å². The summed E-state index contributed by atoms with van der Waals surface area (Å²) in [6.07, 6.45) is -0.737. The summed E-state index contributed by atoms with van der Waals surface area (Å²) in [5, 5.41) is 10.5. The highest BCUT2D eigenvalue weighted by Crippen LogP contribution is 2.44. The summed E-state index contributed by atoms with van der Waals surface area (Å²) in [5.74, 6) is -1.19. The Hall–Kier alpha value is -2.82. The monoisotopic (exact) mass is 324 g/mol. The molecule has 1 aliphatic rings. The van der Waals surface area contributed by atoms with Crippen molar-refractivity contribution in [1.82, 2.24) is 4.90 Å². The Bertz CT molecular complexity index is 726. The van der Waals surface area contributed by atoms with Gasteiger partial charge < -0.3 is 19.5 Å². The first kappa shape index (κ1) is 16.1. The standard InChI is InChI=1S/C19H19NO4/c1-20(11-10-18(21)22)19(23)24-12-17-15-8-4-2-6-13(15)14-7-3-5-9-16(14)17/h2-9,17H,10-12H2,1H3,(H,21,22)/p-1. The van der Waals surface area contributed by atoms with Crippen LogP contribution in [0.3, 0.4) is 0 Å². The number of carboxylic acids is 1. The number of ether oxygens (including phenoxy) is 1. The van der Waals surface area contributed by atoms with E-state index < -0.39 is 12.1 Å². The van der Waals surface area contributed by atoms with E-state index in [9.17, 15) is 14.7 Å². The molecule has 0 N–H and O–H groups in total. The molecule has 0 radical (unpaired) electrons. The first-order valence-electron chi connectivity index (χ1n) is 7.84. The highest BCUT2D eigenvalue weighted by Gasteiger charge is 2.29. The van der Waals surface area contributed by atoms with Gasteiger partial charge in [0.2, 0.25) is 0 Å². The van der Waals surface area contributed by atoms with Crippen molar-refractivity contribution < 1.29 is 19.4 Å². The molecule has 1 amide bonds. The maximum atomic E-state index is 12.0. The average Bonchev–Trinajstić information content (AvgIpc) is 2.91. The van der Waals surface area contributed by atoms with Gasteiger partial charge in [-0.3, -0.25) is 0 Å². The van der Waals surface area contributed by atoms with Crippen LogP contribution in [0.25, 0.3) is 11.1 Å². The Morgan fingerprint density at radius 2 is 1.58 bits per heavy atom. The average molecular weight is 324 g/mol. The second-order valence-electron chi connectivity index (χ2n) is 5.85. The van der Waals surface area contributed by atoms with Gasteiger partial charge in [0, 0.05) is 31.9 Å². The molecule has 0 unspecified atom stereocenters. The van der Waals surface area contributed by atoms with Gasteiger partial charge in [0.05, 0.1) is 0 Å². The predicted molar refractivity (Wildman–Crippen MR) is 87.3 cm³/mol. The van der Waals surface area contributed by atoms with Crippen molar-refractivity contribution in [1.29, 1.82) is 0 Å². The molecule has 0 atom stereocenters. The lowest BCUT2D eigenvalue weighted by atomic mass is 9.98. The molecular weight excluding hydrogens is 306 g/mol. The van der Waals surface area contributed by atoms with Crippen LogP contribution in [0.15, 0.2) is 48.5 Å². The summed E-state index contributed by atoms with van der Waals surface area (Å²) < 4.78 is 5.41. The summed E-state index contributed by atoms with van der Waals surface area (Å²) in [7, 11) is 1.52. The number of carbonyl (C=O) groups is 2. The summed E-state index contributed by atoms with van der Waals surface area (Å²) in [5.41, 5.74) is 4.62. The van der Waals surface area contributed by atoms with Gasteiger partial charge in [-0.15, -0.1) is 0 Å². The number of carboxylic acid groups (broad SMARTS) is 1. The lowest BCUT2D eigenvalue weighted by molar-refractivity contribution is -0.305. The van der Waals surface area contributed by atoms with Crippen LogP contribution in [0.5, 0.6) is 0 Å². The Morgan fingerprint density at radius 3 is 2.12 bits per heavy atom. The molecule has 2 aromatic carbocycles. The number of fused-ring (bicyclic) bond motifs is 3. The number of nitrogens with zero attached hydrogens (tertiary/aromatic N) is 1. The molecule has 2 aromatic rings. The molecule has 24 heavy (non-hydrogen) atoms. The zero-order valence-electron chi connectivity index (χ0n) is 13.4. The van der Waals surface area contributed by atoms with Crippen molar-refractivity contribution in [2.75, 3.05) is 20.2 Å². The van der Waals surface area contributed by atoms with Crippen LogP contribution in [0.1, 0.15) is 23.5 Å². The van der Waals surface area contributed by atoms with E-state index in [1.54, 1.807) is 0 Å². The van der Waals surface area contributed by atoms with Gasteiger partial charge in [-0.2, -0.15) is 0 Å². The molecule has 0 saturated carbocycles. The molecule has 0 bridgehead atoms. The first-order valence-corrected chi connectivity index (χ1v) is 7.84. The largest absolute Gasteiger partial charge is 0.550 e. The number of hydrogen-bond acceptors (Lipinski definition) is 4. The summed E-state index contributed by atoms with van der Waals surface area (Å²) in [4.78, 5) is 23.8. The van der Waals surface area contributed by atoms with Crippen molar-refractivity contribution in [3.8, 4) is 11.1 Å². The Kier molecular flexibility index (Phi) is 4.51. The van der Waals surface area contributed by atoms with E-state index in [1.807, 2.05) is 36.4 Å². The fourth-order valence-electron chi connectivity index (χ4n) is 3.05. The predicted octanol–water partition coefficient (Wildman–Crippen LogP) is 2.01. The minimum atomic E-state index is -1.19. The van der Waals surface area contributed by atoms with E-state index in [2.05, 4.69) is 12.1 Å². The topological polar surface area (TPSA) is 69.7 Å². The maximum absolute atomic E-state index is 12.0. The SMILES string of the molecule is CN(CCC(=O)[O-])C(=O)OCC1c2ccccc2-c2ccccc21. The van der Waals surface area contributed by atoms with E-state index >= 15 is 0 Å². The van der Waals surface area contributed by atoms with E-state index in [0.717, 1.165) is 11.1 Å². The van der Waals surface area contributed by atoms with Gasteiger partial charge in [0.25, 0.3) is 0 Å². The number of rotatable bonds is 5. The third-order valence-corrected chi connectivity index (χ3v) is 4.30. The first-order chi connectivity index (χ1) is 11.6. The minimum absolute atomic E-state index is 0.00381. The van der Waals surface area contributed by atoms with Gasteiger partial charge in [0.1, 0.15) is 6.61 Å². The zero-order chi connectivity index (χ0) is 17.1. The molecule has 5 heteroatoms. The smallest absolute Gasteiger partial charge is 0.409 e. The molecular formula is C19H18NO4-. The molecule has 0 heterocycles. The fourth-order valence-corrected chi connectivity index (χ4v) is 3.05. The van der Waals surface area contributed by atoms with Crippen molar-refractivity contribution in [3.63, 3.8) is 0 Å². The van der Waals surface area contributed by atoms with E-state index in [4.69, 9.17) is 4.74 Å². The molecule has 124 valence electrons. The normalized spacial score (nSPS) is 12.4. The quantitative estimate of drug-likeness (QED) is 0.843. The van der Waals surface area contributed by atoms with Gasteiger partial charge in [-0.05, 0) is 22.3 Å². The van der Waals surface area contributed by atoms with Gasteiger partial charge in [-0.1, -0.05) is 48.5 Å². The van der Waals surface area contributed by atoms with E-state index in [-0.39, 0.29) is 25.5 Å². The molecule has 1 aliphatic carbocycles. The lowest BCUT2D eigenvalue weighted by Gasteiger charge is -2.19. The third kappa shape index (κ3) is 3.11. The zero-order valence-corrected chi connectivity index (χ0v) is 13.4. The molecule has 5 nitrogen and oxygen atoms in total.